The SMILES string of the molecule is C[C@@H](Cn1cccn1)NC(=O)N1CCC[C@@H]1c1ccncc1. The Labute approximate surface area is 130 Å². The molecule has 2 atom stereocenters. The number of carbonyl (C=O) groups excluding carboxylic acids is 1. The summed E-state index contributed by atoms with van der Waals surface area (Å²) in [6, 6.07) is 6.05. The molecule has 2 amide bonds. The van der Waals surface area contributed by atoms with E-state index < -0.39 is 0 Å². The van der Waals surface area contributed by atoms with Crippen molar-refractivity contribution in [1.29, 1.82) is 0 Å². The van der Waals surface area contributed by atoms with Gasteiger partial charge in [0.15, 0.2) is 0 Å². The summed E-state index contributed by atoms with van der Waals surface area (Å²) in [7, 11) is 0. The van der Waals surface area contributed by atoms with Gasteiger partial charge in [-0.3, -0.25) is 9.67 Å². The van der Waals surface area contributed by atoms with Gasteiger partial charge in [-0.15, -0.1) is 0 Å². The first-order valence-corrected chi connectivity index (χ1v) is 7.68. The molecule has 1 saturated heterocycles. The van der Waals surface area contributed by atoms with Crippen molar-refractivity contribution >= 4 is 6.03 Å². The second-order valence-corrected chi connectivity index (χ2v) is 5.71. The minimum absolute atomic E-state index is 0.000955. The van der Waals surface area contributed by atoms with Crippen molar-refractivity contribution in [3.63, 3.8) is 0 Å². The van der Waals surface area contributed by atoms with Crippen LogP contribution in [0.5, 0.6) is 0 Å². The molecule has 3 heterocycles. The predicted molar refractivity (Wildman–Crippen MR) is 83.1 cm³/mol. The van der Waals surface area contributed by atoms with Gasteiger partial charge in [-0.25, -0.2) is 4.79 Å². The van der Waals surface area contributed by atoms with E-state index in [0.717, 1.165) is 24.9 Å². The van der Waals surface area contributed by atoms with Gasteiger partial charge in [0.1, 0.15) is 0 Å². The van der Waals surface area contributed by atoms with Crippen LogP contribution >= 0.6 is 0 Å². The summed E-state index contributed by atoms with van der Waals surface area (Å²) in [5.74, 6) is 0. The summed E-state index contributed by atoms with van der Waals surface area (Å²) >= 11 is 0. The monoisotopic (exact) mass is 299 g/mol. The van der Waals surface area contributed by atoms with Crippen LogP contribution in [0.25, 0.3) is 0 Å². The molecule has 1 aliphatic heterocycles. The smallest absolute Gasteiger partial charge is 0.318 e. The number of nitrogens with zero attached hydrogens (tertiary/aromatic N) is 4. The van der Waals surface area contributed by atoms with Crippen LogP contribution in [0.1, 0.15) is 31.4 Å². The van der Waals surface area contributed by atoms with Crippen molar-refractivity contribution in [1.82, 2.24) is 25.0 Å². The standard InChI is InChI=1S/C16H21N5O/c1-13(12-20-10-3-7-18-20)19-16(22)21-11-2-4-15(21)14-5-8-17-9-6-14/h3,5-10,13,15H,2,4,11-12H2,1H3,(H,19,22)/t13-,15+/m0/s1. The fraction of sp³-hybridized carbons (Fsp3) is 0.438. The zero-order valence-electron chi connectivity index (χ0n) is 12.7. The van der Waals surface area contributed by atoms with Gasteiger partial charge >= 0.3 is 6.03 Å². The summed E-state index contributed by atoms with van der Waals surface area (Å²) < 4.78 is 1.83. The number of nitrogens with one attached hydrogen (secondary N) is 1. The van der Waals surface area contributed by atoms with Crippen molar-refractivity contribution in [3.8, 4) is 0 Å². The second-order valence-electron chi connectivity index (χ2n) is 5.71. The molecule has 0 radical (unpaired) electrons. The maximum atomic E-state index is 12.5. The molecule has 0 aromatic carbocycles. The number of aromatic nitrogens is 3. The van der Waals surface area contributed by atoms with Crippen LogP contribution < -0.4 is 5.32 Å². The van der Waals surface area contributed by atoms with Gasteiger partial charge in [-0.2, -0.15) is 5.10 Å². The zero-order chi connectivity index (χ0) is 15.4. The Kier molecular flexibility index (Phi) is 4.37. The molecule has 1 aliphatic rings. The molecule has 1 N–H and O–H groups in total. The van der Waals surface area contributed by atoms with E-state index in [1.165, 1.54) is 0 Å². The molecule has 3 rings (SSSR count). The minimum Gasteiger partial charge on any atom is -0.334 e. The molecule has 0 aliphatic carbocycles. The van der Waals surface area contributed by atoms with Crippen LogP contribution in [0.4, 0.5) is 4.79 Å². The Balaban J connectivity index is 1.61. The molecule has 2 aromatic heterocycles. The average Bonchev–Trinajstić information content (AvgIpc) is 3.18. The lowest BCUT2D eigenvalue weighted by Crippen LogP contribution is -2.44. The lowest BCUT2D eigenvalue weighted by molar-refractivity contribution is 0.188. The van der Waals surface area contributed by atoms with Crippen molar-refractivity contribution in [2.45, 2.75) is 38.4 Å². The molecule has 6 heteroatoms. The topological polar surface area (TPSA) is 63.1 Å². The summed E-state index contributed by atoms with van der Waals surface area (Å²) in [5.41, 5.74) is 1.15. The highest BCUT2D eigenvalue weighted by molar-refractivity contribution is 5.75. The van der Waals surface area contributed by atoms with E-state index >= 15 is 0 Å². The average molecular weight is 299 g/mol. The van der Waals surface area contributed by atoms with E-state index in [1.807, 2.05) is 40.9 Å². The lowest BCUT2D eigenvalue weighted by atomic mass is 10.1. The molecular weight excluding hydrogens is 278 g/mol. The fourth-order valence-electron chi connectivity index (χ4n) is 2.97. The Morgan fingerprint density at radius 2 is 2.23 bits per heavy atom. The molecule has 0 bridgehead atoms. The number of hydrogen-bond acceptors (Lipinski definition) is 3. The summed E-state index contributed by atoms with van der Waals surface area (Å²) in [4.78, 5) is 18.5. The van der Waals surface area contributed by atoms with Gasteiger partial charge in [-0.1, -0.05) is 0 Å². The quantitative estimate of drug-likeness (QED) is 0.941. The maximum absolute atomic E-state index is 12.5. The normalized spacial score (nSPS) is 19.1. The fourth-order valence-corrected chi connectivity index (χ4v) is 2.97. The third-order valence-corrected chi connectivity index (χ3v) is 3.99. The summed E-state index contributed by atoms with van der Waals surface area (Å²) in [6.07, 6.45) is 9.25. The van der Waals surface area contributed by atoms with Crippen LogP contribution in [0.15, 0.2) is 43.0 Å². The van der Waals surface area contributed by atoms with Crippen molar-refractivity contribution in [2.24, 2.45) is 0 Å². The third-order valence-electron chi connectivity index (χ3n) is 3.99. The molecule has 1 fully saturated rings. The predicted octanol–water partition coefficient (Wildman–Crippen LogP) is 2.21. The van der Waals surface area contributed by atoms with Crippen LogP contribution in [-0.2, 0) is 6.54 Å². The first kappa shape index (κ1) is 14.6. The number of urea groups is 1. The molecule has 2 aromatic rings. The van der Waals surface area contributed by atoms with E-state index in [0.29, 0.717) is 6.54 Å². The van der Waals surface area contributed by atoms with Gasteiger partial charge in [0.2, 0.25) is 0 Å². The molecule has 6 nitrogen and oxygen atoms in total. The molecule has 116 valence electrons. The van der Waals surface area contributed by atoms with E-state index in [4.69, 9.17) is 0 Å². The van der Waals surface area contributed by atoms with Gasteiger partial charge in [0.25, 0.3) is 0 Å². The zero-order valence-corrected chi connectivity index (χ0v) is 12.7. The third kappa shape index (κ3) is 3.27. The maximum Gasteiger partial charge on any atom is 0.318 e. The number of carbonyl (C=O) groups is 1. The first-order chi connectivity index (χ1) is 10.7. The van der Waals surface area contributed by atoms with Crippen molar-refractivity contribution in [3.05, 3.63) is 48.5 Å². The van der Waals surface area contributed by atoms with Crippen LogP contribution in [-0.4, -0.2) is 38.3 Å². The highest BCUT2D eigenvalue weighted by Crippen LogP contribution is 2.31. The molecule has 0 spiro atoms. The van der Waals surface area contributed by atoms with Gasteiger partial charge in [0.05, 0.1) is 12.6 Å². The number of likely N-dealkylation sites (tertiary alicyclic amines) is 1. The van der Waals surface area contributed by atoms with Crippen LogP contribution in [0.3, 0.4) is 0 Å². The van der Waals surface area contributed by atoms with Crippen LogP contribution in [0.2, 0.25) is 0 Å². The van der Waals surface area contributed by atoms with Crippen molar-refractivity contribution in [2.75, 3.05) is 6.54 Å². The van der Waals surface area contributed by atoms with E-state index in [1.54, 1.807) is 18.6 Å². The summed E-state index contributed by atoms with van der Waals surface area (Å²) in [5, 5.41) is 7.24. The molecule has 0 saturated carbocycles. The minimum atomic E-state index is -0.000955. The summed E-state index contributed by atoms with van der Waals surface area (Å²) in [6.45, 7) is 3.47. The highest BCUT2D eigenvalue weighted by Gasteiger charge is 2.30. The Hall–Kier alpha value is -2.37. The van der Waals surface area contributed by atoms with Gasteiger partial charge < -0.3 is 10.2 Å². The Morgan fingerprint density at radius 3 is 2.95 bits per heavy atom. The van der Waals surface area contributed by atoms with Crippen molar-refractivity contribution < 1.29 is 4.79 Å². The number of pyridine rings is 1. The van der Waals surface area contributed by atoms with E-state index in [9.17, 15) is 4.79 Å². The largest absolute Gasteiger partial charge is 0.334 e. The van der Waals surface area contributed by atoms with Crippen LogP contribution in [0, 0.1) is 0 Å². The lowest BCUT2D eigenvalue weighted by Gasteiger charge is -2.27. The highest BCUT2D eigenvalue weighted by atomic mass is 16.2. The first-order valence-electron chi connectivity index (χ1n) is 7.68. The molecule has 0 unspecified atom stereocenters. The Bertz CT molecular complexity index is 598. The molecular formula is C16H21N5O. The second kappa shape index (κ2) is 6.60. The van der Waals surface area contributed by atoms with Gasteiger partial charge in [0, 0.05) is 37.4 Å². The molecule has 22 heavy (non-hydrogen) atoms. The van der Waals surface area contributed by atoms with E-state index in [2.05, 4.69) is 15.4 Å². The number of amides is 2. The van der Waals surface area contributed by atoms with Gasteiger partial charge in [-0.05, 0) is 43.5 Å². The number of rotatable bonds is 4. The number of hydrogen-bond donors (Lipinski definition) is 1. The Morgan fingerprint density at radius 1 is 1.41 bits per heavy atom. The van der Waals surface area contributed by atoms with E-state index in [-0.39, 0.29) is 18.1 Å².